The highest BCUT2D eigenvalue weighted by molar-refractivity contribution is 7.89. The fourth-order valence-electron chi connectivity index (χ4n) is 2.48. The van der Waals surface area contributed by atoms with Crippen LogP contribution in [0.3, 0.4) is 0 Å². The summed E-state index contributed by atoms with van der Waals surface area (Å²) in [6.07, 6.45) is 0.771. The lowest BCUT2D eigenvalue weighted by molar-refractivity contribution is 0.0763. The number of rotatable bonds is 4. The van der Waals surface area contributed by atoms with E-state index < -0.39 is 22.0 Å². The van der Waals surface area contributed by atoms with E-state index in [0.717, 1.165) is 4.31 Å². The topological polar surface area (TPSA) is 90.8 Å². The summed E-state index contributed by atoms with van der Waals surface area (Å²) in [5, 5.41) is 10.1. The first-order valence-corrected chi connectivity index (χ1v) is 8.62. The molecular formula is C14H21N3O4S. The van der Waals surface area contributed by atoms with Crippen molar-refractivity contribution in [3.8, 4) is 0 Å². The normalized spacial score (nSPS) is 22.3. The van der Waals surface area contributed by atoms with E-state index in [9.17, 15) is 18.3 Å². The van der Waals surface area contributed by atoms with E-state index in [1.54, 1.807) is 25.3 Å². The molecule has 8 heteroatoms. The Kier molecular flexibility index (Phi) is 4.84. The molecule has 1 aromatic rings. The number of hydrogen-bond donors (Lipinski definition) is 1. The van der Waals surface area contributed by atoms with Crippen LogP contribution in [0.25, 0.3) is 0 Å². The van der Waals surface area contributed by atoms with Crippen molar-refractivity contribution in [2.24, 2.45) is 5.92 Å². The molecule has 0 aromatic carbocycles. The van der Waals surface area contributed by atoms with Gasteiger partial charge in [0.1, 0.15) is 0 Å². The fourth-order valence-corrected chi connectivity index (χ4v) is 3.65. The first-order chi connectivity index (χ1) is 10.2. The third-order valence-corrected chi connectivity index (χ3v) is 5.87. The number of aromatic nitrogens is 1. The van der Waals surface area contributed by atoms with E-state index in [1.807, 2.05) is 0 Å². The summed E-state index contributed by atoms with van der Waals surface area (Å²) in [6.45, 7) is 2.11. The molecule has 0 saturated carbocycles. The van der Waals surface area contributed by atoms with Gasteiger partial charge in [-0.3, -0.25) is 9.78 Å². The van der Waals surface area contributed by atoms with Crippen LogP contribution in [-0.2, 0) is 10.0 Å². The fraction of sp³-hybridized carbons (Fsp3) is 0.571. The second-order valence-corrected chi connectivity index (χ2v) is 7.96. The van der Waals surface area contributed by atoms with Gasteiger partial charge in [0.05, 0.1) is 17.4 Å². The number of pyridine rings is 1. The standard InChI is InChI=1S/C14H21N3O4S/c1-10-12(5-4-6-15-10)14(19)17-7-11(13(18)8-17)9-22(20,21)16(2)3/h4-6,11,13,18H,7-9H2,1-3H3/t11-,13+/m0/s1. The molecule has 2 atom stereocenters. The van der Waals surface area contributed by atoms with Gasteiger partial charge >= 0.3 is 0 Å². The van der Waals surface area contributed by atoms with Gasteiger partial charge < -0.3 is 10.0 Å². The Balaban J connectivity index is 2.11. The SMILES string of the molecule is Cc1ncccc1C(=O)N1C[C@@H](CS(=O)(=O)N(C)C)[C@H](O)C1. The quantitative estimate of drug-likeness (QED) is 0.821. The molecule has 2 heterocycles. The van der Waals surface area contributed by atoms with E-state index in [0.29, 0.717) is 11.3 Å². The molecule has 22 heavy (non-hydrogen) atoms. The van der Waals surface area contributed by atoms with Crippen LogP contribution in [0.4, 0.5) is 0 Å². The highest BCUT2D eigenvalue weighted by atomic mass is 32.2. The molecule has 1 aliphatic rings. The molecular weight excluding hydrogens is 306 g/mol. The highest BCUT2D eigenvalue weighted by Gasteiger charge is 2.37. The minimum Gasteiger partial charge on any atom is -0.391 e. The van der Waals surface area contributed by atoms with Crippen molar-refractivity contribution in [1.29, 1.82) is 0 Å². The first kappa shape index (κ1) is 16.9. The Hall–Kier alpha value is -1.51. The molecule has 0 unspecified atom stereocenters. The zero-order chi connectivity index (χ0) is 16.5. The molecule has 0 radical (unpaired) electrons. The van der Waals surface area contributed by atoms with Crippen molar-refractivity contribution in [1.82, 2.24) is 14.2 Å². The van der Waals surface area contributed by atoms with E-state index >= 15 is 0 Å². The van der Waals surface area contributed by atoms with Gasteiger partial charge in [0.15, 0.2) is 0 Å². The zero-order valence-electron chi connectivity index (χ0n) is 12.9. The van der Waals surface area contributed by atoms with E-state index in [1.165, 1.54) is 19.0 Å². The Bertz CT molecular complexity index is 660. The summed E-state index contributed by atoms with van der Waals surface area (Å²) >= 11 is 0. The summed E-state index contributed by atoms with van der Waals surface area (Å²) < 4.78 is 25.0. The van der Waals surface area contributed by atoms with Crippen LogP contribution >= 0.6 is 0 Å². The lowest BCUT2D eigenvalue weighted by atomic mass is 10.1. The number of sulfonamides is 1. The second-order valence-electron chi connectivity index (χ2n) is 5.73. The van der Waals surface area contributed by atoms with Crippen LogP contribution in [0.5, 0.6) is 0 Å². The molecule has 122 valence electrons. The number of aliphatic hydroxyl groups excluding tert-OH is 1. The maximum Gasteiger partial charge on any atom is 0.255 e. The van der Waals surface area contributed by atoms with Gasteiger partial charge in [-0.05, 0) is 19.1 Å². The van der Waals surface area contributed by atoms with Crippen LogP contribution in [0.1, 0.15) is 16.1 Å². The van der Waals surface area contributed by atoms with Crippen molar-refractivity contribution in [3.63, 3.8) is 0 Å². The van der Waals surface area contributed by atoms with Gasteiger partial charge in [0, 0.05) is 45.0 Å². The average Bonchev–Trinajstić information content (AvgIpc) is 2.79. The maximum atomic E-state index is 12.5. The Morgan fingerprint density at radius 3 is 2.73 bits per heavy atom. The average molecular weight is 327 g/mol. The number of nitrogens with zero attached hydrogens (tertiary/aromatic N) is 3. The molecule has 1 amide bonds. The molecule has 2 rings (SSSR count). The largest absolute Gasteiger partial charge is 0.391 e. The molecule has 1 N–H and O–H groups in total. The van der Waals surface area contributed by atoms with Crippen LogP contribution < -0.4 is 0 Å². The lowest BCUT2D eigenvalue weighted by Crippen LogP contribution is -2.33. The number of β-amino-alcohol motifs (C(OH)–C–C–N with tert-alkyl or cyclic N) is 1. The van der Waals surface area contributed by atoms with Crippen LogP contribution in [0, 0.1) is 12.8 Å². The van der Waals surface area contributed by atoms with Crippen LogP contribution in [0.15, 0.2) is 18.3 Å². The van der Waals surface area contributed by atoms with E-state index in [4.69, 9.17) is 0 Å². The molecule has 0 bridgehead atoms. The monoisotopic (exact) mass is 327 g/mol. The molecule has 0 aliphatic carbocycles. The molecule has 1 aromatic heterocycles. The number of aliphatic hydroxyl groups is 1. The highest BCUT2D eigenvalue weighted by Crippen LogP contribution is 2.22. The summed E-state index contributed by atoms with van der Waals surface area (Å²) in [6, 6.07) is 3.36. The Morgan fingerprint density at radius 1 is 1.45 bits per heavy atom. The first-order valence-electron chi connectivity index (χ1n) is 7.01. The van der Waals surface area contributed by atoms with Crippen molar-refractivity contribution in [2.75, 3.05) is 32.9 Å². The molecule has 1 aliphatic heterocycles. The van der Waals surface area contributed by atoms with Crippen LogP contribution in [-0.4, -0.2) is 72.7 Å². The van der Waals surface area contributed by atoms with Gasteiger partial charge in [-0.1, -0.05) is 0 Å². The predicted molar refractivity (Wildman–Crippen MR) is 81.8 cm³/mol. The van der Waals surface area contributed by atoms with Crippen molar-refractivity contribution >= 4 is 15.9 Å². The number of amides is 1. The summed E-state index contributed by atoms with van der Waals surface area (Å²) in [7, 11) is -0.500. The number of hydrogen-bond acceptors (Lipinski definition) is 5. The minimum atomic E-state index is -3.41. The van der Waals surface area contributed by atoms with Gasteiger partial charge in [-0.15, -0.1) is 0 Å². The third-order valence-electron chi connectivity index (χ3n) is 3.91. The second kappa shape index (κ2) is 6.31. The van der Waals surface area contributed by atoms with Crippen molar-refractivity contribution in [2.45, 2.75) is 13.0 Å². The Morgan fingerprint density at radius 2 is 2.14 bits per heavy atom. The van der Waals surface area contributed by atoms with Gasteiger partial charge in [-0.25, -0.2) is 12.7 Å². The zero-order valence-corrected chi connectivity index (χ0v) is 13.7. The maximum absolute atomic E-state index is 12.5. The van der Waals surface area contributed by atoms with Gasteiger partial charge in [0.2, 0.25) is 10.0 Å². The molecule has 1 fully saturated rings. The smallest absolute Gasteiger partial charge is 0.255 e. The van der Waals surface area contributed by atoms with Gasteiger partial charge in [0.25, 0.3) is 5.91 Å². The summed E-state index contributed by atoms with van der Waals surface area (Å²) in [5.41, 5.74) is 1.09. The summed E-state index contributed by atoms with van der Waals surface area (Å²) in [4.78, 5) is 18.0. The number of carbonyl (C=O) groups excluding carboxylic acids is 1. The summed E-state index contributed by atoms with van der Waals surface area (Å²) in [5.74, 6) is -0.875. The van der Waals surface area contributed by atoms with E-state index in [2.05, 4.69) is 4.98 Å². The molecule has 0 spiro atoms. The minimum absolute atomic E-state index is 0.140. The van der Waals surface area contributed by atoms with E-state index in [-0.39, 0.29) is 24.7 Å². The molecule has 1 saturated heterocycles. The third kappa shape index (κ3) is 3.45. The van der Waals surface area contributed by atoms with Crippen LogP contribution in [0.2, 0.25) is 0 Å². The lowest BCUT2D eigenvalue weighted by Gasteiger charge is -2.18. The molecule has 7 nitrogen and oxygen atoms in total. The number of aryl methyl sites for hydroxylation is 1. The predicted octanol–water partition coefficient (Wildman–Crippen LogP) is -0.286. The number of likely N-dealkylation sites (tertiary alicyclic amines) is 1. The Labute approximate surface area is 130 Å². The van der Waals surface area contributed by atoms with Crippen molar-refractivity contribution < 1.29 is 18.3 Å². The van der Waals surface area contributed by atoms with Gasteiger partial charge in [-0.2, -0.15) is 0 Å². The van der Waals surface area contributed by atoms with Crippen molar-refractivity contribution in [3.05, 3.63) is 29.6 Å². The number of carbonyl (C=O) groups is 1.